The monoisotopic (exact) mass is 476 g/mol. The highest BCUT2D eigenvalue weighted by atomic mass is 32.1. The third-order valence-electron chi connectivity index (χ3n) is 4.81. The lowest BCUT2D eigenvalue weighted by Crippen LogP contribution is -2.18. The summed E-state index contributed by atoms with van der Waals surface area (Å²) < 4.78 is 5.90. The minimum atomic E-state index is 0.146. The van der Waals surface area contributed by atoms with Crippen molar-refractivity contribution in [2.75, 3.05) is 12.8 Å². The van der Waals surface area contributed by atoms with E-state index in [1.807, 2.05) is 63.4 Å². The first-order chi connectivity index (χ1) is 16.4. The number of aldehydes is 1. The van der Waals surface area contributed by atoms with E-state index in [4.69, 9.17) is 10.5 Å². The molecule has 0 radical (unpaired) electrons. The van der Waals surface area contributed by atoms with Gasteiger partial charge in [0.2, 0.25) is 11.8 Å². The number of aromatic nitrogens is 2. The van der Waals surface area contributed by atoms with E-state index in [2.05, 4.69) is 40.9 Å². The molecule has 3 aromatic rings. The summed E-state index contributed by atoms with van der Waals surface area (Å²) in [4.78, 5) is 20.5. The van der Waals surface area contributed by atoms with Crippen LogP contribution in [0.15, 0.2) is 77.7 Å². The summed E-state index contributed by atoms with van der Waals surface area (Å²) in [6, 6.07) is 17.1. The molecule has 1 heterocycles. The van der Waals surface area contributed by atoms with Crippen LogP contribution in [0.25, 0.3) is 11.3 Å². The molecule has 0 aliphatic carbocycles. The molecule has 1 atom stereocenters. The maximum atomic E-state index is 10.9. The number of thiol groups is 1. The number of anilines is 1. The first-order valence-electron chi connectivity index (χ1n) is 11.1. The van der Waals surface area contributed by atoms with Gasteiger partial charge < -0.3 is 15.8 Å². The maximum absolute atomic E-state index is 10.9. The van der Waals surface area contributed by atoms with Gasteiger partial charge in [-0.15, -0.1) is 12.6 Å². The minimum absolute atomic E-state index is 0.146. The highest BCUT2D eigenvalue weighted by Gasteiger charge is 2.15. The van der Waals surface area contributed by atoms with Crippen LogP contribution in [-0.2, 0) is 6.42 Å². The molecular weight excluding hydrogens is 444 g/mol. The number of benzene rings is 2. The lowest BCUT2D eigenvalue weighted by molar-refractivity contribution is 0.112. The fraction of sp³-hybridized carbons (Fsp3) is 0.222. The summed E-state index contributed by atoms with van der Waals surface area (Å²) in [7, 11) is 1.93. The topological polar surface area (TPSA) is 90.1 Å². The molecule has 0 bridgehead atoms. The number of nitrogens with zero attached hydrogens (tertiary/aromatic N) is 2. The third-order valence-corrected chi connectivity index (χ3v) is 5.11. The Hall–Kier alpha value is -3.42. The van der Waals surface area contributed by atoms with Gasteiger partial charge >= 0.3 is 0 Å². The number of allylic oxidation sites excluding steroid dienone is 2. The molecule has 3 N–H and O–H groups in total. The van der Waals surface area contributed by atoms with E-state index in [0.29, 0.717) is 29.7 Å². The van der Waals surface area contributed by atoms with Crippen LogP contribution in [0.4, 0.5) is 5.95 Å². The Morgan fingerprint density at radius 1 is 1.18 bits per heavy atom. The molecule has 1 aromatic heterocycles. The first kappa shape index (κ1) is 26.8. The number of nitrogen functional groups attached to an aromatic ring is 1. The second kappa shape index (κ2) is 14.0. The van der Waals surface area contributed by atoms with E-state index in [1.54, 1.807) is 24.3 Å². The number of hydrogen-bond acceptors (Lipinski definition) is 7. The van der Waals surface area contributed by atoms with Crippen LogP contribution in [0.5, 0.6) is 11.6 Å². The largest absolute Gasteiger partial charge is 0.439 e. The van der Waals surface area contributed by atoms with Gasteiger partial charge in [-0.1, -0.05) is 67.6 Å². The Morgan fingerprint density at radius 3 is 2.53 bits per heavy atom. The first-order valence-corrected chi connectivity index (χ1v) is 11.5. The molecule has 0 aliphatic heterocycles. The van der Waals surface area contributed by atoms with Gasteiger partial charge in [-0.2, -0.15) is 4.98 Å². The van der Waals surface area contributed by atoms with Crippen molar-refractivity contribution in [2.45, 2.75) is 33.2 Å². The zero-order valence-electron chi connectivity index (χ0n) is 20.0. The van der Waals surface area contributed by atoms with Crippen molar-refractivity contribution in [2.24, 2.45) is 0 Å². The Kier molecular flexibility index (Phi) is 11.0. The molecule has 3 rings (SSSR count). The molecule has 0 spiro atoms. The average molecular weight is 477 g/mol. The van der Waals surface area contributed by atoms with Gasteiger partial charge in [0, 0.05) is 27.6 Å². The predicted molar refractivity (Wildman–Crippen MR) is 144 cm³/mol. The lowest BCUT2D eigenvalue weighted by atomic mass is 10.1. The second-order valence-electron chi connectivity index (χ2n) is 7.39. The van der Waals surface area contributed by atoms with E-state index in [9.17, 15) is 4.79 Å². The van der Waals surface area contributed by atoms with Gasteiger partial charge in [0.25, 0.3) is 0 Å². The van der Waals surface area contributed by atoms with Crippen LogP contribution in [0.2, 0.25) is 0 Å². The SMILES string of the molecule is C/C=C\C(S)=C/C(C)NC.CCc1c(Oc2cccc(C=O)c2)nc(N)nc1-c1ccccc1. The molecule has 0 saturated carbocycles. The van der Waals surface area contributed by atoms with Crippen LogP contribution in [0.1, 0.15) is 36.7 Å². The van der Waals surface area contributed by atoms with Crippen LogP contribution in [0, 0.1) is 0 Å². The van der Waals surface area contributed by atoms with Crippen LogP contribution in [0.3, 0.4) is 0 Å². The second-order valence-corrected chi connectivity index (χ2v) is 7.91. The smallest absolute Gasteiger partial charge is 0.227 e. The van der Waals surface area contributed by atoms with E-state index in [0.717, 1.165) is 28.0 Å². The van der Waals surface area contributed by atoms with E-state index >= 15 is 0 Å². The fourth-order valence-corrected chi connectivity index (χ4v) is 3.42. The number of nitrogens with two attached hydrogens (primary N) is 1. The molecular formula is C27H32N4O2S. The normalized spacial score (nSPS) is 12.1. The van der Waals surface area contributed by atoms with Crippen molar-refractivity contribution in [1.82, 2.24) is 15.3 Å². The zero-order chi connectivity index (χ0) is 24.9. The van der Waals surface area contributed by atoms with Crippen molar-refractivity contribution >= 4 is 24.9 Å². The Balaban J connectivity index is 0.000000347. The predicted octanol–water partition coefficient (Wildman–Crippen LogP) is 5.88. The summed E-state index contributed by atoms with van der Waals surface area (Å²) in [5.41, 5.74) is 8.99. The Morgan fingerprint density at radius 2 is 1.91 bits per heavy atom. The summed E-state index contributed by atoms with van der Waals surface area (Å²) in [6.07, 6.45) is 7.46. The van der Waals surface area contributed by atoms with Crippen molar-refractivity contribution in [1.29, 1.82) is 0 Å². The molecule has 0 fully saturated rings. The number of likely N-dealkylation sites (N-methyl/N-ethyl adjacent to an activating group) is 1. The van der Waals surface area contributed by atoms with Gasteiger partial charge in [0.1, 0.15) is 12.0 Å². The van der Waals surface area contributed by atoms with Gasteiger partial charge in [-0.05, 0) is 39.4 Å². The average Bonchev–Trinajstić information content (AvgIpc) is 2.85. The quantitative estimate of drug-likeness (QED) is 0.214. The van der Waals surface area contributed by atoms with Crippen molar-refractivity contribution < 1.29 is 9.53 Å². The van der Waals surface area contributed by atoms with Gasteiger partial charge in [-0.3, -0.25) is 4.79 Å². The molecule has 0 saturated heterocycles. The molecule has 0 amide bonds. The lowest BCUT2D eigenvalue weighted by Gasteiger charge is -2.14. The van der Waals surface area contributed by atoms with E-state index in [1.165, 1.54) is 0 Å². The van der Waals surface area contributed by atoms with Crippen molar-refractivity contribution in [3.63, 3.8) is 0 Å². The minimum Gasteiger partial charge on any atom is -0.439 e. The van der Waals surface area contributed by atoms with E-state index < -0.39 is 0 Å². The molecule has 1 unspecified atom stereocenters. The number of rotatable bonds is 8. The third kappa shape index (κ3) is 8.17. The van der Waals surface area contributed by atoms with Gasteiger partial charge in [-0.25, -0.2) is 4.98 Å². The van der Waals surface area contributed by atoms with Crippen molar-refractivity contribution in [3.05, 3.63) is 88.9 Å². The number of carbonyl (C=O) groups excluding carboxylic acids is 1. The zero-order valence-corrected chi connectivity index (χ0v) is 20.9. The molecule has 7 heteroatoms. The van der Waals surface area contributed by atoms with Gasteiger partial charge in [0.05, 0.1) is 5.69 Å². The standard InChI is InChI=1S/C19H17N3O2.C8H15NS/c1-2-16-17(14-8-4-3-5-9-14)21-19(20)22-18(16)24-15-10-6-7-13(11-15)12-23;1-4-5-8(10)6-7(2)9-3/h3-12H,2H2,1H3,(H2,20,21,22);4-7,9-10H,1-3H3/b;5-4-,8-6+. The van der Waals surface area contributed by atoms with Crippen LogP contribution >= 0.6 is 12.6 Å². The Labute approximate surface area is 207 Å². The number of nitrogens with one attached hydrogen (secondary N) is 1. The molecule has 178 valence electrons. The van der Waals surface area contributed by atoms with Gasteiger partial charge in [0.15, 0.2) is 0 Å². The molecule has 0 aliphatic rings. The summed E-state index contributed by atoms with van der Waals surface area (Å²) in [5.74, 6) is 1.09. The number of ether oxygens (including phenoxy) is 1. The molecule has 2 aromatic carbocycles. The highest BCUT2D eigenvalue weighted by molar-refractivity contribution is 7.84. The summed E-state index contributed by atoms with van der Waals surface area (Å²) >= 11 is 4.24. The summed E-state index contributed by atoms with van der Waals surface area (Å²) in [5, 5.41) is 3.10. The summed E-state index contributed by atoms with van der Waals surface area (Å²) in [6.45, 7) is 6.07. The number of carbonyl (C=O) groups is 1. The van der Waals surface area contributed by atoms with Crippen molar-refractivity contribution in [3.8, 4) is 22.9 Å². The number of hydrogen-bond donors (Lipinski definition) is 3. The Bertz CT molecular complexity index is 1130. The van der Waals surface area contributed by atoms with Crippen LogP contribution in [-0.4, -0.2) is 29.3 Å². The highest BCUT2D eigenvalue weighted by Crippen LogP contribution is 2.32. The fourth-order valence-electron chi connectivity index (χ4n) is 3.05. The van der Waals surface area contributed by atoms with E-state index in [-0.39, 0.29) is 5.95 Å². The van der Waals surface area contributed by atoms with Crippen LogP contribution < -0.4 is 15.8 Å². The molecule has 6 nitrogen and oxygen atoms in total. The maximum Gasteiger partial charge on any atom is 0.227 e. The molecule has 34 heavy (non-hydrogen) atoms.